The van der Waals surface area contributed by atoms with E-state index < -0.39 is 0 Å². The zero-order valence-electron chi connectivity index (χ0n) is 15.7. The van der Waals surface area contributed by atoms with Crippen LogP contribution >= 0.6 is 0 Å². The lowest BCUT2D eigenvalue weighted by Crippen LogP contribution is -2.24. The van der Waals surface area contributed by atoms with Crippen LogP contribution in [0.25, 0.3) is 0 Å². The van der Waals surface area contributed by atoms with Gasteiger partial charge in [0.05, 0.1) is 0 Å². The van der Waals surface area contributed by atoms with Gasteiger partial charge < -0.3 is 10.1 Å². The largest absolute Gasteiger partial charge is 0.381 e. The summed E-state index contributed by atoms with van der Waals surface area (Å²) in [7, 11) is 0. The van der Waals surface area contributed by atoms with Gasteiger partial charge in [0.1, 0.15) is 5.78 Å². The molecule has 0 aromatic carbocycles. The predicted molar refractivity (Wildman–Crippen MR) is 95.4 cm³/mol. The van der Waals surface area contributed by atoms with Crippen molar-refractivity contribution < 1.29 is 14.3 Å². The SMILES string of the molecule is CC(C)COCCCC(=O)NCCCCCCCC(=O)C(C)C. The Morgan fingerprint density at radius 3 is 2.17 bits per heavy atom. The van der Waals surface area contributed by atoms with Gasteiger partial charge in [0.25, 0.3) is 0 Å². The van der Waals surface area contributed by atoms with E-state index in [-0.39, 0.29) is 11.8 Å². The molecule has 0 bridgehead atoms. The Kier molecular flexibility index (Phi) is 14.1. The van der Waals surface area contributed by atoms with E-state index in [1.807, 2.05) is 13.8 Å². The second-order valence-corrected chi connectivity index (χ2v) is 7.06. The molecule has 0 atom stereocenters. The standard InChI is InChI=1S/C19H37NO3/c1-16(2)15-23-14-10-12-19(22)20-13-9-7-5-6-8-11-18(21)17(3)4/h16-17H,5-15H2,1-4H3,(H,20,22). The molecule has 0 spiro atoms. The highest BCUT2D eigenvalue weighted by molar-refractivity contribution is 5.80. The molecule has 0 aliphatic carbocycles. The van der Waals surface area contributed by atoms with Crippen LogP contribution in [0.15, 0.2) is 0 Å². The Balaban J connectivity index is 3.28. The first kappa shape index (κ1) is 22.1. The summed E-state index contributed by atoms with van der Waals surface area (Å²) < 4.78 is 5.45. The van der Waals surface area contributed by atoms with Gasteiger partial charge in [-0.05, 0) is 25.2 Å². The third-order valence-electron chi connectivity index (χ3n) is 3.71. The maximum atomic E-state index is 11.6. The van der Waals surface area contributed by atoms with Gasteiger partial charge in [0, 0.05) is 38.5 Å². The number of carbonyl (C=O) groups excluding carboxylic acids is 2. The molecule has 23 heavy (non-hydrogen) atoms. The summed E-state index contributed by atoms with van der Waals surface area (Å²) in [6, 6.07) is 0. The molecule has 4 nitrogen and oxygen atoms in total. The fraction of sp³-hybridized carbons (Fsp3) is 0.895. The lowest BCUT2D eigenvalue weighted by atomic mass is 10.0. The van der Waals surface area contributed by atoms with Crippen molar-refractivity contribution in [3.63, 3.8) is 0 Å². The molecule has 0 aliphatic rings. The average Bonchev–Trinajstić information content (AvgIpc) is 2.48. The summed E-state index contributed by atoms with van der Waals surface area (Å²) in [4.78, 5) is 23.1. The van der Waals surface area contributed by atoms with E-state index >= 15 is 0 Å². The highest BCUT2D eigenvalue weighted by Crippen LogP contribution is 2.08. The zero-order chi connectivity index (χ0) is 17.5. The number of unbranched alkanes of at least 4 members (excludes halogenated alkanes) is 4. The van der Waals surface area contributed by atoms with Crippen LogP contribution in [0.3, 0.4) is 0 Å². The number of ether oxygens (including phenoxy) is 1. The smallest absolute Gasteiger partial charge is 0.220 e. The number of nitrogens with one attached hydrogen (secondary N) is 1. The molecule has 0 saturated heterocycles. The summed E-state index contributed by atoms with van der Waals surface area (Å²) in [6.07, 6.45) is 7.45. The van der Waals surface area contributed by atoms with E-state index in [2.05, 4.69) is 19.2 Å². The Bertz CT molecular complexity index is 314. The highest BCUT2D eigenvalue weighted by Gasteiger charge is 2.06. The summed E-state index contributed by atoms with van der Waals surface area (Å²) in [5.41, 5.74) is 0. The molecule has 1 N–H and O–H groups in total. The molecule has 136 valence electrons. The normalized spacial score (nSPS) is 11.2. The molecule has 0 aromatic rings. The zero-order valence-corrected chi connectivity index (χ0v) is 15.7. The molecule has 4 heteroatoms. The Morgan fingerprint density at radius 1 is 0.870 bits per heavy atom. The van der Waals surface area contributed by atoms with Crippen molar-refractivity contribution in [3.05, 3.63) is 0 Å². The Hall–Kier alpha value is -0.900. The van der Waals surface area contributed by atoms with E-state index in [0.29, 0.717) is 31.1 Å². The summed E-state index contributed by atoms with van der Waals surface area (Å²) in [5.74, 6) is 1.21. The maximum Gasteiger partial charge on any atom is 0.220 e. The first-order chi connectivity index (χ1) is 10.9. The van der Waals surface area contributed by atoms with Crippen molar-refractivity contribution in [1.29, 1.82) is 0 Å². The molecule has 1 amide bonds. The van der Waals surface area contributed by atoms with E-state index in [1.54, 1.807) is 0 Å². The monoisotopic (exact) mass is 327 g/mol. The molecular formula is C19H37NO3. The number of rotatable bonds is 15. The van der Waals surface area contributed by atoms with Crippen LogP contribution < -0.4 is 5.32 Å². The maximum absolute atomic E-state index is 11.6. The first-order valence-corrected chi connectivity index (χ1v) is 9.30. The number of carbonyl (C=O) groups is 2. The quantitative estimate of drug-likeness (QED) is 0.460. The third-order valence-corrected chi connectivity index (χ3v) is 3.71. The molecule has 0 rings (SSSR count). The second-order valence-electron chi connectivity index (χ2n) is 7.06. The molecular weight excluding hydrogens is 290 g/mol. The van der Waals surface area contributed by atoms with Crippen molar-refractivity contribution >= 4 is 11.7 Å². The highest BCUT2D eigenvalue weighted by atomic mass is 16.5. The van der Waals surface area contributed by atoms with Crippen LogP contribution in [0.4, 0.5) is 0 Å². The lowest BCUT2D eigenvalue weighted by molar-refractivity contribution is -0.122. The van der Waals surface area contributed by atoms with Crippen molar-refractivity contribution in [1.82, 2.24) is 5.32 Å². The van der Waals surface area contributed by atoms with E-state index in [4.69, 9.17) is 4.74 Å². The Morgan fingerprint density at radius 2 is 1.52 bits per heavy atom. The molecule has 0 fully saturated rings. The van der Waals surface area contributed by atoms with Gasteiger partial charge in [0.15, 0.2) is 0 Å². The summed E-state index contributed by atoms with van der Waals surface area (Å²) in [5, 5.41) is 2.96. The number of hydrogen-bond acceptors (Lipinski definition) is 3. The fourth-order valence-corrected chi connectivity index (χ4v) is 2.21. The van der Waals surface area contributed by atoms with Crippen LogP contribution in [-0.2, 0) is 14.3 Å². The minimum atomic E-state index is 0.126. The molecule has 0 aliphatic heterocycles. The fourth-order valence-electron chi connectivity index (χ4n) is 2.21. The van der Waals surface area contributed by atoms with Crippen LogP contribution in [-0.4, -0.2) is 31.4 Å². The van der Waals surface area contributed by atoms with Gasteiger partial charge >= 0.3 is 0 Å². The van der Waals surface area contributed by atoms with Crippen LogP contribution in [0, 0.1) is 11.8 Å². The van der Waals surface area contributed by atoms with Crippen LogP contribution in [0.1, 0.15) is 79.1 Å². The van der Waals surface area contributed by atoms with Crippen molar-refractivity contribution in [2.45, 2.75) is 79.1 Å². The average molecular weight is 328 g/mol. The number of Topliss-reactive ketones (excluding diaryl/α,β-unsaturated/α-hetero) is 1. The predicted octanol–water partition coefficient (Wildman–Crippen LogP) is 4.12. The molecule has 0 heterocycles. The topological polar surface area (TPSA) is 55.4 Å². The minimum absolute atomic E-state index is 0.126. The molecule has 0 unspecified atom stereocenters. The van der Waals surface area contributed by atoms with Gasteiger partial charge in [-0.25, -0.2) is 0 Å². The Labute approximate surface area is 142 Å². The van der Waals surface area contributed by atoms with Gasteiger partial charge in [-0.3, -0.25) is 9.59 Å². The number of amides is 1. The molecule has 0 aromatic heterocycles. The van der Waals surface area contributed by atoms with Crippen molar-refractivity contribution in [2.24, 2.45) is 11.8 Å². The van der Waals surface area contributed by atoms with E-state index in [1.165, 1.54) is 0 Å². The lowest BCUT2D eigenvalue weighted by Gasteiger charge is -2.07. The van der Waals surface area contributed by atoms with Crippen LogP contribution in [0.2, 0.25) is 0 Å². The van der Waals surface area contributed by atoms with Crippen LogP contribution in [0.5, 0.6) is 0 Å². The molecule has 0 radical (unpaired) electrons. The third kappa shape index (κ3) is 15.8. The van der Waals surface area contributed by atoms with Gasteiger partial charge in [-0.15, -0.1) is 0 Å². The second kappa shape index (κ2) is 14.7. The van der Waals surface area contributed by atoms with E-state index in [0.717, 1.165) is 51.7 Å². The summed E-state index contributed by atoms with van der Waals surface area (Å²) >= 11 is 0. The van der Waals surface area contributed by atoms with Gasteiger partial charge in [0.2, 0.25) is 5.91 Å². The van der Waals surface area contributed by atoms with Crippen molar-refractivity contribution in [2.75, 3.05) is 19.8 Å². The summed E-state index contributed by atoms with van der Waals surface area (Å²) in [6.45, 7) is 10.4. The first-order valence-electron chi connectivity index (χ1n) is 9.30. The van der Waals surface area contributed by atoms with E-state index in [9.17, 15) is 9.59 Å². The number of ketones is 1. The van der Waals surface area contributed by atoms with Gasteiger partial charge in [-0.1, -0.05) is 47.0 Å². The number of hydrogen-bond donors (Lipinski definition) is 1. The molecule has 0 saturated carbocycles. The minimum Gasteiger partial charge on any atom is -0.381 e. The van der Waals surface area contributed by atoms with Crippen molar-refractivity contribution in [3.8, 4) is 0 Å². The van der Waals surface area contributed by atoms with Gasteiger partial charge in [-0.2, -0.15) is 0 Å².